The summed E-state index contributed by atoms with van der Waals surface area (Å²) in [6.45, 7) is 7.50. The highest BCUT2D eigenvalue weighted by Crippen LogP contribution is 2.40. The number of ether oxygens (including phenoxy) is 3. The van der Waals surface area contributed by atoms with Gasteiger partial charge in [0.05, 0.1) is 31.1 Å². The minimum absolute atomic E-state index is 0.237. The standard InChI is InChI=1S/C25H27FN4O4S/c1-4-32-19-15-17(16-20(33-5-2)23(19)34-6-3)24(31)30(14-13-29-12-8-11-27-29)25-28-22-18(26)9-7-10-21(22)35-25/h7-12,15-16H,4-6,13-14H2,1-3H3. The largest absolute Gasteiger partial charge is 0.490 e. The first-order chi connectivity index (χ1) is 17.0. The third-order valence-corrected chi connectivity index (χ3v) is 6.15. The van der Waals surface area contributed by atoms with Gasteiger partial charge in [-0.05, 0) is 51.1 Å². The number of carbonyl (C=O) groups excluding carboxylic acids is 1. The van der Waals surface area contributed by atoms with Gasteiger partial charge in [0.25, 0.3) is 5.91 Å². The lowest BCUT2D eigenvalue weighted by Gasteiger charge is -2.22. The van der Waals surface area contributed by atoms with E-state index in [0.717, 1.165) is 0 Å². The minimum Gasteiger partial charge on any atom is -0.490 e. The van der Waals surface area contributed by atoms with Crippen LogP contribution in [0.3, 0.4) is 0 Å². The van der Waals surface area contributed by atoms with E-state index in [0.29, 0.717) is 59.0 Å². The van der Waals surface area contributed by atoms with E-state index in [2.05, 4.69) is 10.1 Å². The van der Waals surface area contributed by atoms with E-state index in [-0.39, 0.29) is 18.0 Å². The fourth-order valence-electron chi connectivity index (χ4n) is 3.61. The van der Waals surface area contributed by atoms with Crippen molar-refractivity contribution in [1.29, 1.82) is 0 Å². The van der Waals surface area contributed by atoms with Crippen LogP contribution in [0.25, 0.3) is 10.2 Å². The number of halogens is 1. The van der Waals surface area contributed by atoms with Crippen molar-refractivity contribution in [2.24, 2.45) is 0 Å². The van der Waals surface area contributed by atoms with E-state index in [4.69, 9.17) is 14.2 Å². The van der Waals surface area contributed by atoms with E-state index in [1.165, 1.54) is 22.3 Å². The first kappa shape index (κ1) is 24.5. The average molecular weight is 499 g/mol. The number of anilines is 1. The van der Waals surface area contributed by atoms with Crippen LogP contribution in [0.2, 0.25) is 0 Å². The van der Waals surface area contributed by atoms with Crippen LogP contribution >= 0.6 is 11.3 Å². The monoisotopic (exact) mass is 498 g/mol. The van der Waals surface area contributed by atoms with Crippen molar-refractivity contribution in [3.63, 3.8) is 0 Å². The molecule has 0 bridgehead atoms. The quantitative estimate of drug-likeness (QED) is 0.284. The Morgan fingerprint density at radius 1 is 1.06 bits per heavy atom. The highest BCUT2D eigenvalue weighted by Gasteiger charge is 2.25. The van der Waals surface area contributed by atoms with Crippen molar-refractivity contribution in [1.82, 2.24) is 14.8 Å². The molecule has 0 radical (unpaired) electrons. The van der Waals surface area contributed by atoms with Gasteiger partial charge in [0.1, 0.15) is 11.3 Å². The van der Waals surface area contributed by atoms with Gasteiger partial charge in [0.15, 0.2) is 16.6 Å². The van der Waals surface area contributed by atoms with Crippen molar-refractivity contribution in [2.45, 2.75) is 27.3 Å². The molecule has 2 aromatic heterocycles. The van der Waals surface area contributed by atoms with E-state index in [1.54, 1.807) is 35.1 Å². The van der Waals surface area contributed by atoms with Crippen LogP contribution in [0, 0.1) is 5.82 Å². The Balaban J connectivity index is 1.77. The van der Waals surface area contributed by atoms with E-state index < -0.39 is 5.82 Å². The Hall–Kier alpha value is -3.66. The number of rotatable bonds is 11. The highest BCUT2D eigenvalue weighted by molar-refractivity contribution is 7.22. The van der Waals surface area contributed by atoms with E-state index in [1.807, 2.05) is 33.0 Å². The molecule has 1 amide bonds. The summed E-state index contributed by atoms with van der Waals surface area (Å²) < 4.78 is 34.1. The average Bonchev–Trinajstić information content (AvgIpc) is 3.52. The smallest absolute Gasteiger partial charge is 0.260 e. The molecule has 0 fully saturated rings. The fourth-order valence-corrected chi connectivity index (χ4v) is 4.61. The van der Waals surface area contributed by atoms with Crippen molar-refractivity contribution >= 4 is 32.6 Å². The molecule has 2 aromatic carbocycles. The van der Waals surface area contributed by atoms with Crippen LogP contribution in [-0.4, -0.2) is 47.0 Å². The summed E-state index contributed by atoms with van der Waals surface area (Å²) in [5.74, 6) is 0.555. The molecule has 184 valence electrons. The van der Waals surface area contributed by atoms with Gasteiger partial charge in [0.2, 0.25) is 5.75 Å². The summed E-state index contributed by atoms with van der Waals surface area (Å²) >= 11 is 1.26. The summed E-state index contributed by atoms with van der Waals surface area (Å²) in [6.07, 6.45) is 3.49. The van der Waals surface area contributed by atoms with Crippen molar-refractivity contribution in [3.05, 3.63) is 60.2 Å². The van der Waals surface area contributed by atoms with E-state index >= 15 is 0 Å². The molecule has 0 aliphatic rings. The molecule has 0 N–H and O–H groups in total. The number of para-hydroxylation sites is 1. The van der Waals surface area contributed by atoms with Crippen LogP contribution in [0.4, 0.5) is 9.52 Å². The summed E-state index contributed by atoms with van der Waals surface area (Å²) in [5, 5.41) is 4.62. The molecule has 8 nitrogen and oxygen atoms in total. The van der Waals surface area contributed by atoms with Crippen molar-refractivity contribution < 1.29 is 23.4 Å². The first-order valence-electron chi connectivity index (χ1n) is 11.5. The van der Waals surface area contributed by atoms with Crippen LogP contribution < -0.4 is 19.1 Å². The van der Waals surface area contributed by atoms with Crippen LogP contribution in [0.1, 0.15) is 31.1 Å². The molecule has 2 heterocycles. The van der Waals surface area contributed by atoms with Crippen molar-refractivity contribution in [2.75, 3.05) is 31.3 Å². The van der Waals surface area contributed by atoms with Gasteiger partial charge in [-0.1, -0.05) is 17.4 Å². The normalized spacial score (nSPS) is 11.0. The maximum atomic E-state index is 14.4. The first-order valence-corrected chi connectivity index (χ1v) is 12.3. The number of benzene rings is 2. The molecule has 0 atom stereocenters. The number of nitrogens with zero attached hydrogens (tertiary/aromatic N) is 4. The molecule has 0 unspecified atom stereocenters. The second-order valence-corrected chi connectivity index (χ2v) is 8.42. The molecule has 4 aromatic rings. The number of hydrogen-bond donors (Lipinski definition) is 0. The zero-order valence-electron chi connectivity index (χ0n) is 19.9. The molecule has 0 aliphatic carbocycles. The second kappa shape index (κ2) is 11.2. The zero-order chi connectivity index (χ0) is 24.8. The molecule has 0 aliphatic heterocycles. The summed E-state index contributed by atoms with van der Waals surface area (Å²) in [4.78, 5) is 19.9. The third kappa shape index (κ3) is 5.37. The fraction of sp³-hybridized carbons (Fsp3) is 0.320. The Kier molecular flexibility index (Phi) is 7.81. The Morgan fingerprint density at radius 3 is 2.37 bits per heavy atom. The van der Waals surface area contributed by atoms with Gasteiger partial charge in [-0.2, -0.15) is 5.10 Å². The predicted molar refractivity (Wildman–Crippen MR) is 133 cm³/mol. The molecular weight excluding hydrogens is 471 g/mol. The second-order valence-electron chi connectivity index (χ2n) is 7.41. The number of hydrogen-bond acceptors (Lipinski definition) is 7. The summed E-state index contributed by atoms with van der Waals surface area (Å²) in [7, 11) is 0. The number of fused-ring (bicyclic) bond motifs is 1. The highest BCUT2D eigenvalue weighted by atomic mass is 32.1. The molecule has 10 heteroatoms. The zero-order valence-corrected chi connectivity index (χ0v) is 20.7. The number of aromatic nitrogens is 3. The van der Waals surface area contributed by atoms with E-state index in [9.17, 15) is 9.18 Å². The Morgan fingerprint density at radius 2 is 1.77 bits per heavy atom. The maximum Gasteiger partial charge on any atom is 0.260 e. The lowest BCUT2D eigenvalue weighted by molar-refractivity contribution is 0.0984. The minimum atomic E-state index is -0.428. The molecule has 0 saturated heterocycles. The van der Waals surface area contributed by atoms with Gasteiger partial charge >= 0.3 is 0 Å². The Labute approximate surface area is 206 Å². The number of carbonyl (C=O) groups is 1. The molecule has 35 heavy (non-hydrogen) atoms. The number of thiazole rings is 1. The Bertz CT molecular complexity index is 1270. The van der Waals surface area contributed by atoms with Gasteiger partial charge < -0.3 is 14.2 Å². The summed E-state index contributed by atoms with van der Waals surface area (Å²) in [6, 6.07) is 9.88. The molecule has 0 spiro atoms. The van der Waals surface area contributed by atoms with Crippen LogP contribution in [0.15, 0.2) is 48.8 Å². The van der Waals surface area contributed by atoms with Gasteiger partial charge in [-0.15, -0.1) is 0 Å². The predicted octanol–water partition coefficient (Wildman–Crippen LogP) is 5.18. The molecule has 4 rings (SSSR count). The number of amides is 1. The lowest BCUT2D eigenvalue weighted by atomic mass is 10.1. The lowest BCUT2D eigenvalue weighted by Crippen LogP contribution is -2.34. The van der Waals surface area contributed by atoms with Gasteiger partial charge in [-0.25, -0.2) is 9.37 Å². The third-order valence-electron chi connectivity index (χ3n) is 5.10. The maximum absolute atomic E-state index is 14.4. The van der Waals surface area contributed by atoms with Crippen LogP contribution in [0.5, 0.6) is 17.2 Å². The van der Waals surface area contributed by atoms with Gasteiger partial charge in [-0.3, -0.25) is 14.4 Å². The van der Waals surface area contributed by atoms with Gasteiger partial charge in [0, 0.05) is 24.5 Å². The molecule has 0 saturated carbocycles. The topological polar surface area (TPSA) is 78.7 Å². The SMILES string of the molecule is CCOc1cc(C(=O)N(CCn2cccn2)c2nc3c(F)cccc3s2)cc(OCC)c1OCC. The van der Waals surface area contributed by atoms with Crippen LogP contribution in [-0.2, 0) is 6.54 Å². The molecular formula is C25H27FN4O4S. The summed E-state index contributed by atoms with van der Waals surface area (Å²) in [5.41, 5.74) is 0.585. The van der Waals surface area contributed by atoms with Crippen molar-refractivity contribution in [3.8, 4) is 17.2 Å².